The van der Waals surface area contributed by atoms with Gasteiger partial charge in [0.2, 0.25) is 0 Å². The zero-order valence-electron chi connectivity index (χ0n) is 15.2. The molecule has 0 aliphatic heterocycles. The molecule has 0 N–H and O–H groups in total. The van der Waals surface area contributed by atoms with E-state index in [0.29, 0.717) is 29.4 Å². The lowest BCUT2D eigenvalue weighted by molar-refractivity contribution is 0.0782. The fourth-order valence-electron chi connectivity index (χ4n) is 2.88. The van der Waals surface area contributed by atoms with Gasteiger partial charge in [-0.3, -0.25) is 4.79 Å². The zero-order valence-corrected chi connectivity index (χ0v) is 16.1. The molecule has 1 amide bonds. The predicted octanol–water partition coefficient (Wildman–Crippen LogP) is 4.20. The number of carbonyl (C=O) groups excluding carboxylic acids is 1. The highest BCUT2D eigenvalue weighted by molar-refractivity contribution is 7.17. The maximum Gasteiger partial charge on any atom is 0.257 e. The molecule has 0 spiro atoms. The van der Waals surface area contributed by atoms with E-state index in [9.17, 15) is 4.79 Å². The van der Waals surface area contributed by atoms with Crippen LogP contribution in [0.3, 0.4) is 0 Å². The summed E-state index contributed by atoms with van der Waals surface area (Å²) in [4.78, 5) is 14.7. The Bertz CT molecular complexity index is 935. The number of thiophene rings is 1. The molecule has 1 heterocycles. The minimum Gasteiger partial charge on any atom is -0.496 e. The molecule has 3 aromatic rings. The zero-order chi connectivity index (χ0) is 18.7. The molecule has 0 atom stereocenters. The molecule has 6 heteroatoms. The van der Waals surface area contributed by atoms with Crippen LogP contribution in [-0.4, -0.2) is 39.2 Å². The van der Waals surface area contributed by atoms with Crippen LogP contribution < -0.4 is 14.2 Å². The number of hydrogen-bond donors (Lipinski definition) is 0. The molecule has 0 radical (unpaired) electrons. The number of nitrogens with zero attached hydrogens (tertiary/aromatic N) is 1. The Hall–Kier alpha value is -2.73. The highest BCUT2D eigenvalue weighted by atomic mass is 32.1. The van der Waals surface area contributed by atoms with Gasteiger partial charge in [0.1, 0.15) is 5.75 Å². The van der Waals surface area contributed by atoms with Crippen molar-refractivity contribution in [1.82, 2.24) is 4.90 Å². The lowest BCUT2D eigenvalue weighted by atomic mass is 10.1. The lowest BCUT2D eigenvalue weighted by Gasteiger charge is -2.20. The van der Waals surface area contributed by atoms with Gasteiger partial charge in [-0.2, -0.15) is 0 Å². The van der Waals surface area contributed by atoms with Crippen molar-refractivity contribution in [2.45, 2.75) is 6.54 Å². The number of ether oxygens (including phenoxy) is 3. The minimum absolute atomic E-state index is 0.141. The van der Waals surface area contributed by atoms with E-state index >= 15 is 0 Å². The summed E-state index contributed by atoms with van der Waals surface area (Å²) in [5.41, 5.74) is 1.56. The predicted molar refractivity (Wildman–Crippen MR) is 104 cm³/mol. The third kappa shape index (κ3) is 3.32. The summed E-state index contributed by atoms with van der Waals surface area (Å²) < 4.78 is 17.2. The smallest absolute Gasteiger partial charge is 0.257 e. The summed E-state index contributed by atoms with van der Waals surface area (Å²) in [5, 5.41) is 3.27. The Morgan fingerprint density at radius 3 is 2.35 bits per heavy atom. The van der Waals surface area contributed by atoms with Crippen molar-refractivity contribution < 1.29 is 19.0 Å². The summed E-state index contributed by atoms with van der Waals surface area (Å²) in [6, 6.07) is 11.5. The summed E-state index contributed by atoms with van der Waals surface area (Å²) >= 11 is 1.68. The molecule has 136 valence electrons. The van der Waals surface area contributed by atoms with E-state index in [1.54, 1.807) is 49.6 Å². The molecule has 0 saturated carbocycles. The topological polar surface area (TPSA) is 48.0 Å². The van der Waals surface area contributed by atoms with Gasteiger partial charge in [0.05, 0.1) is 26.9 Å². The van der Waals surface area contributed by atoms with Gasteiger partial charge in [-0.25, -0.2) is 0 Å². The van der Waals surface area contributed by atoms with Crippen LogP contribution in [0.5, 0.6) is 17.2 Å². The first-order chi connectivity index (χ1) is 12.6. The molecule has 5 nitrogen and oxygen atoms in total. The van der Waals surface area contributed by atoms with Crippen LogP contribution in [0.2, 0.25) is 0 Å². The number of fused-ring (bicyclic) bond motifs is 1. The monoisotopic (exact) mass is 371 g/mol. The van der Waals surface area contributed by atoms with Crippen molar-refractivity contribution in [1.29, 1.82) is 0 Å². The fraction of sp³-hybridized carbons (Fsp3) is 0.250. The Balaban J connectivity index is 1.90. The number of carbonyl (C=O) groups is 1. The van der Waals surface area contributed by atoms with Crippen LogP contribution in [0.15, 0.2) is 41.8 Å². The first kappa shape index (κ1) is 18.1. The second kappa shape index (κ2) is 7.66. The Labute approximate surface area is 156 Å². The average Bonchev–Trinajstić information content (AvgIpc) is 3.09. The van der Waals surface area contributed by atoms with Gasteiger partial charge in [0.15, 0.2) is 11.5 Å². The molecular weight excluding hydrogens is 350 g/mol. The minimum atomic E-state index is -0.141. The van der Waals surface area contributed by atoms with E-state index in [4.69, 9.17) is 14.2 Å². The maximum atomic E-state index is 13.0. The molecule has 1 aromatic heterocycles. The van der Waals surface area contributed by atoms with E-state index in [1.165, 1.54) is 17.2 Å². The SMILES string of the molecule is COc1cc(OC)c(C(=O)N(C)Cc2csc3ccccc23)cc1OC. The number of methoxy groups -OCH3 is 3. The third-order valence-corrected chi connectivity index (χ3v) is 5.26. The standard InChI is InChI=1S/C20H21NO4S/c1-21(11-13-12-26-19-8-6-5-7-14(13)19)20(22)15-9-17(24-3)18(25-4)10-16(15)23-2/h5-10,12H,11H2,1-4H3. The van der Waals surface area contributed by atoms with Crippen molar-refractivity contribution >= 4 is 27.3 Å². The number of amides is 1. The second-order valence-corrected chi connectivity index (χ2v) is 6.74. The van der Waals surface area contributed by atoms with E-state index in [0.717, 1.165) is 5.56 Å². The van der Waals surface area contributed by atoms with Gasteiger partial charge in [-0.15, -0.1) is 11.3 Å². The van der Waals surface area contributed by atoms with Crippen molar-refractivity contribution in [3.8, 4) is 17.2 Å². The van der Waals surface area contributed by atoms with E-state index in [-0.39, 0.29) is 5.91 Å². The quantitative estimate of drug-likeness (QED) is 0.652. The van der Waals surface area contributed by atoms with Crippen LogP contribution in [0.1, 0.15) is 15.9 Å². The highest BCUT2D eigenvalue weighted by Crippen LogP contribution is 2.35. The summed E-state index contributed by atoms with van der Waals surface area (Å²) in [6.07, 6.45) is 0. The van der Waals surface area contributed by atoms with Crippen molar-refractivity contribution in [3.63, 3.8) is 0 Å². The van der Waals surface area contributed by atoms with Crippen LogP contribution in [0, 0.1) is 0 Å². The van der Waals surface area contributed by atoms with E-state index < -0.39 is 0 Å². The summed E-state index contributed by atoms with van der Waals surface area (Å²) in [7, 11) is 6.40. The Morgan fingerprint density at radius 2 is 1.65 bits per heavy atom. The molecular formula is C20H21NO4S. The fourth-order valence-corrected chi connectivity index (χ4v) is 3.84. The van der Waals surface area contributed by atoms with Gasteiger partial charge < -0.3 is 19.1 Å². The van der Waals surface area contributed by atoms with Crippen LogP contribution in [0.4, 0.5) is 0 Å². The largest absolute Gasteiger partial charge is 0.496 e. The van der Waals surface area contributed by atoms with Gasteiger partial charge in [0, 0.05) is 30.4 Å². The molecule has 0 aliphatic rings. The van der Waals surface area contributed by atoms with Gasteiger partial charge >= 0.3 is 0 Å². The van der Waals surface area contributed by atoms with Crippen LogP contribution in [-0.2, 0) is 6.54 Å². The molecule has 0 fully saturated rings. The molecule has 26 heavy (non-hydrogen) atoms. The Kier molecular flexibility index (Phi) is 5.32. The van der Waals surface area contributed by atoms with E-state index in [1.807, 2.05) is 12.1 Å². The molecule has 3 rings (SSSR count). The number of benzene rings is 2. The summed E-state index contributed by atoms with van der Waals surface area (Å²) in [5.74, 6) is 1.33. The van der Waals surface area contributed by atoms with Gasteiger partial charge in [0.25, 0.3) is 5.91 Å². The van der Waals surface area contributed by atoms with Crippen LogP contribution in [0.25, 0.3) is 10.1 Å². The first-order valence-corrected chi connectivity index (χ1v) is 8.97. The Morgan fingerprint density at radius 1 is 1.00 bits per heavy atom. The first-order valence-electron chi connectivity index (χ1n) is 8.09. The normalized spacial score (nSPS) is 10.6. The summed E-state index contributed by atoms with van der Waals surface area (Å²) in [6.45, 7) is 0.514. The average molecular weight is 371 g/mol. The van der Waals surface area contributed by atoms with Crippen molar-refractivity contribution in [2.75, 3.05) is 28.4 Å². The maximum absolute atomic E-state index is 13.0. The molecule has 0 saturated heterocycles. The van der Waals surface area contributed by atoms with Crippen molar-refractivity contribution in [2.24, 2.45) is 0 Å². The lowest BCUT2D eigenvalue weighted by Crippen LogP contribution is -2.26. The molecule has 0 aliphatic carbocycles. The van der Waals surface area contributed by atoms with Gasteiger partial charge in [-0.1, -0.05) is 18.2 Å². The second-order valence-electron chi connectivity index (χ2n) is 5.83. The number of rotatable bonds is 6. The third-order valence-electron chi connectivity index (χ3n) is 4.25. The van der Waals surface area contributed by atoms with Crippen LogP contribution >= 0.6 is 11.3 Å². The van der Waals surface area contributed by atoms with Crippen molar-refractivity contribution in [3.05, 3.63) is 52.9 Å². The molecule has 0 bridgehead atoms. The highest BCUT2D eigenvalue weighted by Gasteiger charge is 2.21. The van der Waals surface area contributed by atoms with Gasteiger partial charge in [-0.05, 0) is 22.4 Å². The molecule has 2 aromatic carbocycles. The number of hydrogen-bond acceptors (Lipinski definition) is 5. The molecule has 0 unspecified atom stereocenters. The van der Waals surface area contributed by atoms with E-state index in [2.05, 4.69) is 17.5 Å².